The third kappa shape index (κ3) is 4.14. The number of nitrogens with zero attached hydrogens (tertiary/aromatic N) is 1. The maximum atomic E-state index is 12.7. The molecule has 1 atom stereocenters. The summed E-state index contributed by atoms with van der Waals surface area (Å²) < 4.78 is 6.24. The minimum Gasteiger partial charge on any atom is -0.377 e. The van der Waals surface area contributed by atoms with Gasteiger partial charge in [-0.15, -0.1) is 0 Å². The first-order valence-electron chi connectivity index (χ1n) is 8.63. The fraction of sp³-hybridized carbons (Fsp3) is 0.300. The Balaban J connectivity index is 1.68. The Morgan fingerprint density at radius 3 is 2.85 bits per heavy atom. The van der Waals surface area contributed by atoms with Gasteiger partial charge < -0.3 is 15.0 Å². The van der Waals surface area contributed by atoms with Gasteiger partial charge in [-0.25, -0.2) is 0 Å². The molecular weight excluding hydrogens is 396 g/mol. The molecule has 26 heavy (non-hydrogen) atoms. The summed E-state index contributed by atoms with van der Waals surface area (Å²) in [5, 5.41) is 2.86. The van der Waals surface area contributed by atoms with Gasteiger partial charge in [-0.1, -0.05) is 24.3 Å². The van der Waals surface area contributed by atoms with Gasteiger partial charge in [-0.05, 0) is 59.1 Å². The van der Waals surface area contributed by atoms with E-state index in [2.05, 4.69) is 21.2 Å². The van der Waals surface area contributed by atoms with Crippen LogP contribution in [0.5, 0.6) is 0 Å². The van der Waals surface area contributed by atoms with Crippen LogP contribution in [0.1, 0.15) is 18.9 Å². The predicted octanol–water partition coefficient (Wildman–Crippen LogP) is 3.98. The average molecular weight is 417 g/mol. The lowest BCUT2D eigenvalue weighted by Crippen LogP contribution is -2.33. The Morgan fingerprint density at radius 1 is 1.27 bits per heavy atom. The predicted molar refractivity (Wildman–Crippen MR) is 105 cm³/mol. The Kier molecular flexibility index (Phi) is 6.06. The molecule has 1 saturated heterocycles. The van der Waals surface area contributed by atoms with E-state index in [1.54, 1.807) is 4.90 Å². The normalized spacial score (nSPS) is 16.8. The van der Waals surface area contributed by atoms with Gasteiger partial charge in [0.15, 0.2) is 0 Å². The zero-order valence-electron chi connectivity index (χ0n) is 14.6. The van der Waals surface area contributed by atoms with Crippen molar-refractivity contribution in [3.8, 4) is 0 Å². The molecule has 2 aromatic carbocycles. The van der Waals surface area contributed by atoms with Crippen LogP contribution < -0.4 is 10.2 Å². The largest absolute Gasteiger partial charge is 0.377 e. The second-order valence-electron chi connectivity index (χ2n) is 6.11. The standard InChI is InChI=1S/C20H21BrN2O3/c1-2-26-13-14-6-5-7-15(12-14)22-19(24)16-10-11-23(20(16)25)18-9-4-3-8-17(18)21/h3-9,12,16H,2,10-11,13H2,1H3,(H,22,24). The van der Waals surface area contributed by atoms with Crippen LogP contribution in [-0.4, -0.2) is 25.0 Å². The van der Waals surface area contributed by atoms with Crippen LogP contribution in [0.2, 0.25) is 0 Å². The Bertz CT molecular complexity index is 809. The molecule has 1 fully saturated rings. The van der Waals surface area contributed by atoms with E-state index < -0.39 is 5.92 Å². The minimum atomic E-state index is -0.669. The molecule has 3 rings (SSSR count). The summed E-state index contributed by atoms with van der Waals surface area (Å²) in [6, 6.07) is 15.0. The number of rotatable bonds is 6. The summed E-state index contributed by atoms with van der Waals surface area (Å²) in [5.41, 5.74) is 2.46. The topological polar surface area (TPSA) is 58.6 Å². The summed E-state index contributed by atoms with van der Waals surface area (Å²) in [6.45, 7) is 3.61. The molecule has 1 heterocycles. The van der Waals surface area contributed by atoms with Crippen molar-refractivity contribution in [1.82, 2.24) is 0 Å². The van der Waals surface area contributed by atoms with Crippen molar-refractivity contribution in [1.29, 1.82) is 0 Å². The number of anilines is 2. The average Bonchev–Trinajstić information content (AvgIpc) is 3.02. The zero-order chi connectivity index (χ0) is 18.5. The number of amides is 2. The molecule has 1 aliphatic heterocycles. The van der Waals surface area contributed by atoms with Gasteiger partial charge in [0.2, 0.25) is 11.8 Å². The number of benzene rings is 2. The number of ether oxygens (including phenoxy) is 1. The molecule has 1 unspecified atom stereocenters. The van der Waals surface area contributed by atoms with Crippen molar-refractivity contribution in [2.24, 2.45) is 5.92 Å². The molecular formula is C20H21BrN2O3. The molecule has 0 saturated carbocycles. The van der Waals surface area contributed by atoms with Crippen LogP contribution >= 0.6 is 15.9 Å². The van der Waals surface area contributed by atoms with E-state index in [-0.39, 0.29) is 11.8 Å². The monoisotopic (exact) mass is 416 g/mol. The van der Waals surface area contributed by atoms with Crippen LogP contribution in [0.25, 0.3) is 0 Å². The highest BCUT2D eigenvalue weighted by molar-refractivity contribution is 9.10. The second kappa shape index (κ2) is 8.47. The minimum absolute atomic E-state index is 0.167. The molecule has 6 heteroatoms. The molecule has 0 radical (unpaired) electrons. The second-order valence-corrected chi connectivity index (χ2v) is 6.96. The van der Waals surface area contributed by atoms with Crippen LogP contribution in [-0.2, 0) is 20.9 Å². The first-order chi connectivity index (χ1) is 12.6. The molecule has 0 bridgehead atoms. The van der Waals surface area contributed by atoms with Crippen molar-refractivity contribution in [2.75, 3.05) is 23.4 Å². The zero-order valence-corrected chi connectivity index (χ0v) is 16.2. The van der Waals surface area contributed by atoms with Crippen molar-refractivity contribution in [3.63, 3.8) is 0 Å². The summed E-state index contributed by atoms with van der Waals surface area (Å²) in [5.74, 6) is -1.10. The summed E-state index contributed by atoms with van der Waals surface area (Å²) in [7, 11) is 0. The SMILES string of the molecule is CCOCc1cccc(NC(=O)C2CCN(c3ccccc3Br)C2=O)c1. The van der Waals surface area contributed by atoms with E-state index in [0.29, 0.717) is 31.9 Å². The third-order valence-corrected chi connectivity index (χ3v) is 5.00. The molecule has 1 aliphatic rings. The highest BCUT2D eigenvalue weighted by Gasteiger charge is 2.38. The number of para-hydroxylation sites is 1. The van der Waals surface area contributed by atoms with Gasteiger partial charge in [-0.2, -0.15) is 0 Å². The van der Waals surface area contributed by atoms with E-state index in [9.17, 15) is 9.59 Å². The molecule has 2 aromatic rings. The van der Waals surface area contributed by atoms with E-state index in [0.717, 1.165) is 15.7 Å². The fourth-order valence-corrected chi connectivity index (χ4v) is 3.52. The molecule has 5 nitrogen and oxygen atoms in total. The van der Waals surface area contributed by atoms with Crippen LogP contribution in [0, 0.1) is 5.92 Å². The molecule has 0 aliphatic carbocycles. The number of hydrogen-bond acceptors (Lipinski definition) is 3. The number of nitrogens with one attached hydrogen (secondary N) is 1. The third-order valence-electron chi connectivity index (χ3n) is 4.33. The van der Waals surface area contributed by atoms with Crippen molar-refractivity contribution in [2.45, 2.75) is 20.0 Å². The highest BCUT2D eigenvalue weighted by Crippen LogP contribution is 2.31. The van der Waals surface area contributed by atoms with E-state index in [1.807, 2.05) is 55.5 Å². The van der Waals surface area contributed by atoms with Crippen LogP contribution in [0.3, 0.4) is 0 Å². The van der Waals surface area contributed by atoms with Crippen LogP contribution in [0.4, 0.5) is 11.4 Å². The molecule has 136 valence electrons. The first-order valence-corrected chi connectivity index (χ1v) is 9.43. The van der Waals surface area contributed by atoms with Gasteiger partial charge >= 0.3 is 0 Å². The maximum absolute atomic E-state index is 12.7. The Labute approximate surface area is 161 Å². The van der Waals surface area contributed by atoms with Gasteiger partial charge in [0.1, 0.15) is 5.92 Å². The molecule has 1 N–H and O–H groups in total. The maximum Gasteiger partial charge on any atom is 0.239 e. The van der Waals surface area contributed by atoms with Gasteiger partial charge in [0.25, 0.3) is 0 Å². The smallest absolute Gasteiger partial charge is 0.239 e. The van der Waals surface area contributed by atoms with Gasteiger partial charge in [0, 0.05) is 23.3 Å². The van der Waals surface area contributed by atoms with Crippen molar-refractivity contribution in [3.05, 3.63) is 58.6 Å². The van der Waals surface area contributed by atoms with E-state index in [1.165, 1.54) is 0 Å². The van der Waals surface area contributed by atoms with Gasteiger partial charge in [-0.3, -0.25) is 9.59 Å². The number of carbonyl (C=O) groups is 2. The first kappa shape index (κ1) is 18.6. The summed E-state index contributed by atoms with van der Waals surface area (Å²) in [6.07, 6.45) is 0.505. The van der Waals surface area contributed by atoms with Gasteiger partial charge in [0.05, 0.1) is 12.3 Å². The molecule has 0 spiro atoms. The number of carbonyl (C=O) groups excluding carboxylic acids is 2. The fourth-order valence-electron chi connectivity index (χ4n) is 3.02. The molecule has 2 amide bonds. The quantitative estimate of drug-likeness (QED) is 0.724. The van der Waals surface area contributed by atoms with Crippen LogP contribution in [0.15, 0.2) is 53.0 Å². The lowest BCUT2D eigenvalue weighted by molar-refractivity contribution is -0.129. The molecule has 0 aromatic heterocycles. The highest BCUT2D eigenvalue weighted by atomic mass is 79.9. The summed E-state index contributed by atoms with van der Waals surface area (Å²) >= 11 is 3.47. The van der Waals surface area contributed by atoms with E-state index >= 15 is 0 Å². The summed E-state index contributed by atoms with van der Waals surface area (Å²) in [4.78, 5) is 27.0. The number of hydrogen-bond donors (Lipinski definition) is 1. The number of halogens is 1. The Morgan fingerprint density at radius 2 is 2.08 bits per heavy atom. The van der Waals surface area contributed by atoms with E-state index in [4.69, 9.17) is 4.74 Å². The van der Waals surface area contributed by atoms with Crippen molar-refractivity contribution < 1.29 is 14.3 Å². The lowest BCUT2D eigenvalue weighted by Gasteiger charge is -2.18. The Hall–Kier alpha value is -2.18. The lowest BCUT2D eigenvalue weighted by atomic mass is 10.1. The van der Waals surface area contributed by atoms with Crippen molar-refractivity contribution >= 4 is 39.1 Å².